The van der Waals surface area contributed by atoms with Crippen molar-refractivity contribution in [3.63, 3.8) is 0 Å². The third-order valence-electron chi connectivity index (χ3n) is 5.10. The zero-order valence-electron chi connectivity index (χ0n) is 16.3. The van der Waals surface area contributed by atoms with Gasteiger partial charge in [0.05, 0.1) is 5.25 Å². The summed E-state index contributed by atoms with van der Waals surface area (Å²) in [5.74, 6) is -1.55. The second kappa shape index (κ2) is 8.91. The fraction of sp³-hybridized carbons (Fsp3) is 0.526. The maximum atomic E-state index is 12.2. The van der Waals surface area contributed by atoms with Gasteiger partial charge in [0.2, 0.25) is 15.9 Å². The second-order valence-electron chi connectivity index (χ2n) is 7.51. The van der Waals surface area contributed by atoms with E-state index in [4.69, 9.17) is 0 Å². The first kappa shape index (κ1) is 21.3. The van der Waals surface area contributed by atoms with Crippen LogP contribution < -0.4 is 16.0 Å². The lowest BCUT2D eigenvalue weighted by atomic mass is 9.98. The Balaban J connectivity index is 1.40. The minimum absolute atomic E-state index is 0.148. The largest absolute Gasteiger partial charge is 0.348 e. The lowest BCUT2D eigenvalue weighted by Crippen LogP contribution is -2.44. The highest BCUT2D eigenvalue weighted by Crippen LogP contribution is 2.33. The van der Waals surface area contributed by atoms with Crippen LogP contribution in [0.2, 0.25) is 0 Å². The number of hydrogen-bond acceptors (Lipinski definition) is 5. The molecule has 1 saturated heterocycles. The monoisotopic (exact) mass is 422 g/mol. The second-order valence-corrected chi connectivity index (χ2v) is 9.72. The minimum atomic E-state index is -3.14. The number of nitrogens with one attached hydrogen (secondary N) is 3. The summed E-state index contributed by atoms with van der Waals surface area (Å²) in [5, 5.41) is 7.54. The Labute approximate surface area is 170 Å². The third-order valence-corrected chi connectivity index (χ3v) is 7.50. The van der Waals surface area contributed by atoms with Gasteiger partial charge in [-0.15, -0.1) is 0 Å². The molecule has 3 amide bonds. The molecule has 3 N–H and O–H groups in total. The fourth-order valence-corrected chi connectivity index (χ4v) is 5.16. The summed E-state index contributed by atoms with van der Waals surface area (Å²) in [7, 11) is -3.14. The summed E-state index contributed by atoms with van der Waals surface area (Å²) in [4.78, 5) is 35.1. The van der Waals surface area contributed by atoms with E-state index in [1.54, 1.807) is 28.6 Å². The first-order valence-corrected chi connectivity index (χ1v) is 11.2. The van der Waals surface area contributed by atoms with Crippen LogP contribution in [0.25, 0.3) is 0 Å². The molecule has 29 heavy (non-hydrogen) atoms. The molecule has 1 heterocycles. The van der Waals surface area contributed by atoms with Crippen LogP contribution in [0.4, 0.5) is 11.4 Å². The number of piperidine rings is 1. The van der Waals surface area contributed by atoms with Crippen molar-refractivity contribution in [2.24, 2.45) is 5.92 Å². The lowest BCUT2D eigenvalue weighted by molar-refractivity contribution is -0.136. The van der Waals surface area contributed by atoms with Crippen LogP contribution in [0.3, 0.4) is 0 Å². The number of sulfonamides is 1. The molecule has 0 aromatic heterocycles. The molecule has 1 aromatic rings. The first-order valence-electron chi connectivity index (χ1n) is 9.71. The molecule has 1 aliphatic heterocycles. The van der Waals surface area contributed by atoms with Crippen LogP contribution in [0, 0.1) is 5.92 Å². The highest BCUT2D eigenvalue weighted by Gasteiger charge is 2.41. The van der Waals surface area contributed by atoms with E-state index in [1.807, 2.05) is 0 Å². The van der Waals surface area contributed by atoms with E-state index in [0.29, 0.717) is 43.9 Å². The van der Waals surface area contributed by atoms with Crippen molar-refractivity contribution in [1.82, 2.24) is 9.62 Å². The quantitative estimate of drug-likeness (QED) is 0.588. The standard InChI is InChI=1S/C19H26N4O5S/c1-13(24)21-15-2-4-16(5-3-15)22-19(26)18(25)20-12-14-8-10-23(11-9-14)29(27,28)17-6-7-17/h2-5,14,17H,6-12H2,1H3,(H,20,25)(H,21,24)(H,22,26). The Morgan fingerprint density at radius 3 is 2.00 bits per heavy atom. The summed E-state index contributed by atoms with van der Waals surface area (Å²) in [6, 6.07) is 6.43. The lowest BCUT2D eigenvalue weighted by Gasteiger charge is -2.31. The molecule has 1 aromatic carbocycles. The number of anilines is 2. The maximum absolute atomic E-state index is 12.2. The third kappa shape index (κ3) is 5.77. The number of amides is 3. The summed E-state index contributed by atoms with van der Waals surface area (Å²) in [6.07, 6.45) is 2.84. The van der Waals surface area contributed by atoms with Crippen LogP contribution >= 0.6 is 0 Å². The molecule has 1 aliphatic carbocycles. The predicted octanol–water partition coefficient (Wildman–Crippen LogP) is 0.904. The number of hydrogen-bond donors (Lipinski definition) is 3. The molecular formula is C19H26N4O5S. The van der Waals surface area contributed by atoms with Gasteiger partial charge in [0.25, 0.3) is 0 Å². The Bertz CT molecular complexity index is 872. The number of carbonyl (C=O) groups excluding carboxylic acids is 3. The fourth-order valence-electron chi connectivity index (χ4n) is 3.29. The Morgan fingerprint density at radius 1 is 0.931 bits per heavy atom. The van der Waals surface area contributed by atoms with E-state index < -0.39 is 21.8 Å². The number of benzene rings is 1. The van der Waals surface area contributed by atoms with Gasteiger partial charge in [-0.1, -0.05) is 0 Å². The molecule has 3 rings (SSSR count). The van der Waals surface area contributed by atoms with Crippen molar-refractivity contribution in [3.8, 4) is 0 Å². The van der Waals surface area contributed by atoms with Crippen LogP contribution in [0.1, 0.15) is 32.6 Å². The van der Waals surface area contributed by atoms with E-state index in [9.17, 15) is 22.8 Å². The van der Waals surface area contributed by atoms with Gasteiger partial charge in [-0.25, -0.2) is 12.7 Å². The molecule has 1 saturated carbocycles. The van der Waals surface area contributed by atoms with E-state index in [1.165, 1.54) is 6.92 Å². The summed E-state index contributed by atoms with van der Waals surface area (Å²) < 4.78 is 26.0. The van der Waals surface area contributed by atoms with Gasteiger partial charge in [0.1, 0.15) is 0 Å². The van der Waals surface area contributed by atoms with Gasteiger partial charge in [-0.3, -0.25) is 14.4 Å². The van der Waals surface area contributed by atoms with Gasteiger partial charge >= 0.3 is 11.8 Å². The van der Waals surface area contributed by atoms with Gasteiger partial charge in [0.15, 0.2) is 0 Å². The SMILES string of the molecule is CC(=O)Nc1ccc(NC(=O)C(=O)NCC2CCN(S(=O)(=O)C3CC3)CC2)cc1. The number of rotatable bonds is 6. The van der Waals surface area contributed by atoms with Gasteiger partial charge in [-0.05, 0) is 55.9 Å². The molecule has 10 heteroatoms. The molecule has 2 aliphatic rings. The van der Waals surface area contributed by atoms with E-state index in [0.717, 1.165) is 12.8 Å². The zero-order valence-corrected chi connectivity index (χ0v) is 17.1. The summed E-state index contributed by atoms with van der Waals surface area (Å²) >= 11 is 0. The van der Waals surface area contributed by atoms with Crippen LogP contribution in [0.5, 0.6) is 0 Å². The molecule has 0 spiro atoms. The molecule has 0 radical (unpaired) electrons. The van der Waals surface area contributed by atoms with Crippen molar-refractivity contribution >= 4 is 39.1 Å². The molecule has 2 fully saturated rings. The normalized spacial score (nSPS) is 18.1. The Hall–Kier alpha value is -2.46. The van der Waals surface area contributed by atoms with Crippen molar-refractivity contribution < 1.29 is 22.8 Å². The molecular weight excluding hydrogens is 396 g/mol. The van der Waals surface area contributed by atoms with Crippen molar-refractivity contribution in [1.29, 1.82) is 0 Å². The maximum Gasteiger partial charge on any atom is 0.313 e. The van der Waals surface area contributed by atoms with Gasteiger partial charge < -0.3 is 16.0 Å². The highest BCUT2D eigenvalue weighted by atomic mass is 32.2. The van der Waals surface area contributed by atoms with Crippen molar-refractivity contribution in [2.75, 3.05) is 30.3 Å². The van der Waals surface area contributed by atoms with E-state index in [-0.39, 0.29) is 17.1 Å². The molecule has 0 unspecified atom stereocenters. The average Bonchev–Trinajstić information content (AvgIpc) is 3.53. The minimum Gasteiger partial charge on any atom is -0.348 e. The van der Waals surface area contributed by atoms with E-state index >= 15 is 0 Å². The van der Waals surface area contributed by atoms with E-state index in [2.05, 4.69) is 16.0 Å². The van der Waals surface area contributed by atoms with Crippen LogP contribution in [-0.4, -0.2) is 55.3 Å². The smallest absolute Gasteiger partial charge is 0.313 e. The molecule has 158 valence electrons. The summed E-state index contributed by atoms with van der Waals surface area (Å²) in [5.41, 5.74) is 1.04. The molecule has 9 nitrogen and oxygen atoms in total. The van der Waals surface area contributed by atoms with Gasteiger partial charge in [-0.2, -0.15) is 0 Å². The topological polar surface area (TPSA) is 125 Å². The Morgan fingerprint density at radius 2 is 1.48 bits per heavy atom. The predicted molar refractivity (Wildman–Crippen MR) is 109 cm³/mol. The van der Waals surface area contributed by atoms with Gasteiger partial charge in [0, 0.05) is 37.9 Å². The summed E-state index contributed by atoms with van der Waals surface area (Å²) in [6.45, 7) is 2.67. The Kier molecular flexibility index (Phi) is 6.53. The van der Waals surface area contributed by atoms with Crippen LogP contribution in [-0.2, 0) is 24.4 Å². The van der Waals surface area contributed by atoms with Crippen molar-refractivity contribution in [2.45, 2.75) is 37.9 Å². The van der Waals surface area contributed by atoms with Crippen LogP contribution in [0.15, 0.2) is 24.3 Å². The van der Waals surface area contributed by atoms with Crippen molar-refractivity contribution in [3.05, 3.63) is 24.3 Å². The molecule has 0 atom stereocenters. The first-order chi connectivity index (χ1) is 13.8. The molecule has 0 bridgehead atoms. The zero-order chi connectivity index (χ0) is 21.0. The highest BCUT2D eigenvalue weighted by molar-refractivity contribution is 7.90. The number of carbonyl (C=O) groups is 3. The average molecular weight is 423 g/mol. The number of nitrogens with zero attached hydrogens (tertiary/aromatic N) is 1.